The monoisotopic (exact) mass is 498 g/mol. The number of nitrogens with one attached hydrogen (secondary N) is 1. The Hall–Kier alpha value is -2.75. The molecule has 4 rings (SSSR count). The molecule has 1 fully saturated rings. The smallest absolute Gasteiger partial charge is 0.272 e. The lowest BCUT2D eigenvalue weighted by Gasteiger charge is -2.35. The third-order valence-electron chi connectivity index (χ3n) is 7.06. The molecule has 1 amide bonds. The molecule has 1 aliphatic heterocycles. The first-order valence-electron chi connectivity index (χ1n) is 11.3. The Morgan fingerprint density at radius 3 is 1.94 bits per heavy atom. The first-order chi connectivity index (χ1) is 16.1. The standard InChI is InChI=1S/C25H30N4O3S2/c1-16-17(2)19(4)23(20(5)18(16)3)34(31,32)28-13-11-27(12-14-28)24(30)22-15-26-25(33)29(22)21-9-7-6-8-10-21/h6-10,15H,11-14H2,1-5H3,(H,26,33). The molecule has 0 atom stereocenters. The number of hydrogen-bond donors (Lipinski definition) is 1. The molecule has 7 nitrogen and oxygen atoms in total. The number of aromatic amines is 1. The maximum Gasteiger partial charge on any atom is 0.272 e. The van der Waals surface area contributed by atoms with Crippen LogP contribution in [0.2, 0.25) is 0 Å². The van der Waals surface area contributed by atoms with Crippen LogP contribution >= 0.6 is 12.2 Å². The second kappa shape index (κ2) is 9.13. The minimum atomic E-state index is -3.68. The second-order valence-electron chi connectivity index (χ2n) is 8.80. The molecular formula is C25H30N4O3S2. The molecule has 0 spiro atoms. The average Bonchev–Trinajstić information content (AvgIpc) is 3.23. The number of sulfonamides is 1. The summed E-state index contributed by atoms with van der Waals surface area (Å²) in [7, 11) is -3.68. The van der Waals surface area contributed by atoms with Crippen LogP contribution in [0.3, 0.4) is 0 Å². The van der Waals surface area contributed by atoms with Gasteiger partial charge in [-0.2, -0.15) is 4.31 Å². The number of aromatic nitrogens is 2. The van der Waals surface area contributed by atoms with Crippen molar-refractivity contribution in [2.24, 2.45) is 0 Å². The second-order valence-corrected chi connectivity index (χ2v) is 11.1. The molecule has 0 unspecified atom stereocenters. The van der Waals surface area contributed by atoms with Crippen molar-refractivity contribution >= 4 is 28.1 Å². The van der Waals surface area contributed by atoms with Crippen molar-refractivity contribution in [1.82, 2.24) is 18.8 Å². The molecule has 0 saturated carbocycles. The van der Waals surface area contributed by atoms with E-state index in [0.29, 0.717) is 28.4 Å². The van der Waals surface area contributed by atoms with Crippen LogP contribution < -0.4 is 0 Å². The number of imidazole rings is 1. The fraction of sp³-hybridized carbons (Fsp3) is 0.360. The van der Waals surface area contributed by atoms with Gasteiger partial charge in [0, 0.05) is 38.1 Å². The van der Waals surface area contributed by atoms with Gasteiger partial charge in [-0.25, -0.2) is 8.42 Å². The Morgan fingerprint density at radius 1 is 0.853 bits per heavy atom. The lowest BCUT2D eigenvalue weighted by Crippen LogP contribution is -2.51. The molecule has 3 aromatic rings. The summed E-state index contributed by atoms with van der Waals surface area (Å²) in [6.45, 7) is 10.8. The Bertz CT molecular complexity index is 1390. The van der Waals surface area contributed by atoms with Crippen molar-refractivity contribution in [2.75, 3.05) is 26.2 Å². The van der Waals surface area contributed by atoms with Crippen LogP contribution in [0.5, 0.6) is 0 Å². The molecule has 2 heterocycles. The van der Waals surface area contributed by atoms with Crippen LogP contribution in [0.15, 0.2) is 41.4 Å². The normalized spacial score (nSPS) is 15.0. The van der Waals surface area contributed by atoms with Crippen molar-refractivity contribution in [1.29, 1.82) is 0 Å². The molecule has 1 aliphatic rings. The number of H-pyrrole nitrogens is 1. The van der Waals surface area contributed by atoms with Crippen molar-refractivity contribution in [3.8, 4) is 5.69 Å². The summed E-state index contributed by atoms with van der Waals surface area (Å²) in [6, 6.07) is 9.46. The molecule has 0 aliphatic carbocycles. The molecule has 180 valence electrons. The van der Waals surface area contributed by atoms with Crippen LogP contribution in [-0.4, -0.2) is 59.3 Å². The quantitative estimate of drug-likeness (QED) is 0.546. The number of para-hydroxylation sites is 1. The topological polar surface area (TPSA) is 78.4 Å². The Balaban J connectivity index is 1.58. The number of benzene rings is 2. The maximum absolute atomic E-state index is 13.6. The Labute approximate surface area is 206 Å². The highest BCUT2D eigenvalue weighted by Crippen LogP contribution is 2.32. The number of rotatable bonds is 4. The molecule has 34 heavy (non-hydrogen) atoms. The van der Waals surface area contributed by atoms with E-state index in [0.717, 1.165) is 33.5 Å². The van der Waals surface area contributed by atoms with Gasteiger partial charge in [0.2, 0.25) is 10.0 Å². The number of carbonyl (C=O) groups is 1. The summed E-state index contributed by atoms with van der Waals surface area (Å²) >= 11 is 5.40. The van der Waals surface area contributed by atoms with Crippen LogP contribution in [0, 0.1) is 39.4 Å². The summed E-state index contributed by atoms with van der Waals surface area (Å²) in [4.78, 5) is 18.4. The summed E-state index contributed by atoms with van der Waals surface area (Å²) in [5, 5.41) is 0. The fourth-order valence-electron chi connectivity index (χ4n) is 4.63. The van der Waals surface area contributed by atoms with E-state index < -0.39 is 10.0 Å². The zero-order chi connectivity index (χ0) is 24.8. The fourth-order valence-corrected chi connectivity index (χ4v) is 6.88. The zero-order valence-corrected chi connectivity index (χ0v) is 21.8. The third kappa shape index (κ3) is 4.01. The highest BCUT2D eigenvalue weighted by molar-refractivity contribution is 7.89. The van der Waals surface area contributed by atoms with Gasteiger partial charge in [0.05, 0.1) is 4.90 Å². The number of piperazine rings is 1. The first kappa shape index (κ1) is 24.4. The molecule has 0 bridgehead atoms. The van der Waals surface area contributed by atoms with E-state index in [4.69, 9.17) is 12.2 Å². The van der Waals surface area contributed by atoms with E-state index >= 15 is 0 Å². The van der Waals surface area contributed by atoms with Crippen LogP contribution in [0.1, 0.15) is 38.3 Å². The Morgan fingerprint density at radius 2 is 1.38 bits per heavy atom. The van der Waals surface area contributed by atoms with E-state index in [1.54, 1.807) is 15.7 Å². The van der Waals surface area contributed by atoms with Gasteiger partial charge in [0.15, 0.2) is 4.77 Å². The highest BCUT2D eigenvalue weighted by Gasteiger charge is 2.34. The van der Waals surface area contributed by atoms with Gasteiger partial charge in [-0.05, 0) is 86.8 Å². The molecule has 2 aromatic carbocycles. The summed E-state index contributed by atoms with van der Waals surface area (Å²) in [6.07, 6.45) is 1.62. The van der Waals surface area contributed by atoms with Gasteiger partial charge in [0.25, 0.3) is 5.91 Å². The molecular weight excluding hydrogens is 468 g/mol. The third-order valence-corrected chi connectivity index (χ3v) is 9.54. The maximum atomic E-state index is 13.6. The lowest BCUT2D eigenvalue weighted by molar-refractivity contribution is 0.0689. The van der Waals surface area contributed by atoms with E-state index in [2.05, 4.69) is 4.98 Å². The average molecular weight is 499 g/mol. The van der Waals surface area contributed by atoms with Crippen LogP contribution in [0.25, 0.3) is 5.69 Å². The van der Waals surface area contributed by atoms with Gasteiger partial charge in [-0.3, -0.25) is 9.36 Å². The SMILES string of the molecule is Cc1c(C)c(C)c(S(=O)(=O)N2CCN(C(=O)c3c[nH]c(=S)n3-c3ccccc3)CC2)c(C)c1C. The van der Waals surface area contributed by atoms with Crippen LogP contribution in [-0.2, 0) is 10.0 Å². The largest absolute Gasteiger partial charge is 0.336 e. The predicted octanol–water partition coefficient (Wildman–Crippen LogP) is 4.22. The van der Waals surface area contributed by atoms with Crippen LogP contribution in [0.4, 0.5) is 0 Å². The van der Waals surface area contributed by atoms with Crippen molar-refractivity contribution in [3.05, 3.63) is 74.8 Å². The number of amides is 1. The molecule has 0 radical (unpaired) electrons. The zero-order valence-electron chi connectivity index (χ0n) is 20.2. The molecule has 1 N–H and O–H groups in total. The highest BCUT2D eigenvalue weighted by atomic mass is 32.2. The van der Waals surface area contributed by atoms with E-state index in [9.17, 15) is 13.2 Å². The van der Waals surface area contributed by atoms with E-state index in [1.165, 1.54) is 4.31 Å². The number of carbonyl (C=O) groups excluding carboxylic acids is 1. The van der Waals surface area contributed by atoms with Gasteiger partial charge in [-0.1, -0.05) is 18.2 Å². The molecule has 9 heteroatoms. The summed E-state index contributed by atoms with van der Waals surface area (Å²) in [5.74, 6) is -0.178. The molecule has 1 aromatic heterocycles. The summed E-state index contributed by atoms with van der Waals surface area (Å²) in [5.41, 5.74) is 5.98. The van der Waals surface area contributed by atoms with Gasteiger partial charge < -0.3 is 9.88 Å². The van der Waals surface area contributed by atoms with Crippen molar-refractivity contribution in [3.63, 3.8) is 0 Å². The van der Waals surface area contributed by atoms with Crippen molar-refractivity contribution < 1.29 is 13.2 Å². The number of nitrogens with zero attached hydrogens (tertiary/aromatic N) is 3. The lowest BCUT2D eigenvalue weighted by atomic mass is 9.95. The number of hydrogen-bond acceptors (Lipinski definition) is 4. The molecule has 1 saturated heterocycles. The van der Waals surface area contributed by atoms with Crippen molar-refractivity contribution in [2.45, 2.75) is 39.5 Å². The van der Waals surface area contributed by atoms with Gasteiger partial charge in [-0.15, -0.1) is 0 Å². The predicted molar refractivity (Wildman–Crippen MR) is 136 cm³/mol. The first-order valence-corrected chi connectivity index (χ1v) is 13.1. The van der Waals surface area contributed by atoms with Gasteiger partial charge in [0.1, 0.15) is 5.69 Å². The Kier molecular flexibility index (Phi) is 6.54. The summed E-state index contributed by atoms with van der Waals surface area (Å²) < 4.78 is 30.9. The minimum Gasteiger partial charge on any atom is -0.336 e. The van der Waals surface area contributed by atoms with E-state index in [1.807, 2.05) is 65.0 Å². The van der Waals surface area contributed by atoms with E-state index in [-0.39, 0.29) is 19.0 Å². The van der Waals surface area contributed by atoms with Gasteiger partial charge >= 0.3 is 0 Å². The minimum absolute atomic E-state index is 0.178.